The number of fused-ring (bicyclic) bond motifs is 2. The molecule has 0 aliphatic carbocycles. The number of piperazine rings is 1. The third kappa shape index (κ3) is 3.48. The van der Waals surface area contributed by atoms with E-state index in [1.807, 2.05) is 0 Å². The summed E-state index contributed by atoms with van der Waals surface area (Å²) in [5.74, 6) is 0.930. The highest BCUT2D eigenvalue weighted by Crippen LogP contribution is 2.25. The summed E-state index contributed by atoms with van der Waals surface area (Å²) < 4.78 is 0. The van der Waals surface area contributed by atoms with Gasteiger partial charge in [0.05, 0.1) is 0 Å². The minimum absolute atomic E-state index is 0. The Morgan fingerprint density at radius 2 is 1.93 bits per heavy atom. The monoisotopic (exact) mass is 254 g/mol. The molecule has 0 unspecified atom stereocenters. The second-order valence-electron chi connectivity index (χ2n) is 4.63. The minimum Gasteiger partial charge on any atom is -0.311 e. The second-order valence-corrected chi connectivity index (χ2v) is 4.63. The summed E-state index contributed by atoms with van der Waals surface area (Å²) >= 11 is 0. The topological polar surface area (TPSA) is 15.3 Å². The molecule has 15 heavy (non-hydrogen) atoms. The summed E-state index contributed by atoms with van der Waals surface area (Å²) in [6.45, 7) is 8.53. The highest BCUT2D eigenvalue weighted by molar-refractivity contribution is 5.85. The Balaban J connectivity index is 0.000000980. The molecule has 2 atom stereocenters. The Labute approximate surface area is 106 Å². The number of rotatable bonds is 4. The normalized spacial score (nSPS) is 29.0. The zero-order valence-electron chi connectivity index (χ0n) is 9.74. The van der Waals surface area contributed by atoms with Crippen molar-refractivity contribution >= 4 is 24.8 Å². The van der Waals surface area contributed by atoms with Crippen molar-refractivity contribution in [1.29, 1.82) is 0 Å². The molecule has 2 saturated heterocycles. The van der Waals surface area contributed by atoms with Crippen LogP contribution in [-0.4, -0.2) is 36.6 Å². The zero-order valence-corrected chi connectivity index (χ0v) is 11.4. The molecule has 92 valence electrons. The minimum atomic E-state index is 0. The van der Waals surface area contributed by atoms with Crippen LogP contribution in [0.5, 0.6) is 0 Å². The molecule has 2 heterocycles. The molecule has 0 amide bonds. The predicted molar refractivity (Wildman–Crippen MR) is 70.3 cm³/mol. The average molecular weight is 255 g/mol. The van der Waals surface area contributed by atoms with Crippen molar-refractivity contribution < 1.29 is 0 Å². The van der Waals surface area contributed by atoms with Gasteiger partial charge in [0.25, 0.3) is 0 Å². The lowest BCUT2D eigenvalue weighted by Crippen LogP contribution is -2.45. The number of hydrogen-bond acceptors (Lipinski definition) is 2. The van der Waals surface area contributed by atoms with Gasteiger partial charge in [0.1, 0.15) is 0 Å². The summed E-state index contributed by atoms with van der Waals surface area (Å²) in [6, 6.07) is 1.69. The largest absolute Gasteiger partial charge is 0.311 e. The molecule has 0 spiro atoms. The van der Waals surface area contributed by atoms with E-state index in [2.05, 4.69) is 24.1 Å². The van der Waals surface area contributed by atoms with Crippen LogP contribution in [0, 0.1) is 5.92 Å². The molecular weight excluding hydrogens is 231 g/mol. The van der Waals surface area contributed by atoms with E-state index in [0.29, 0.717) is 0 Å². The quantitative estimate of drug-likeness (QED) is 0.829. The summed E-state index contributed by atoms with van der Waals surface area (Å²) in [5, 5.41) is 3.55. The van der Waals surface area contributed by atoms with Gasteiger partial charge >= 0.3 is 0 Å². The van der Waals surface area contributed by atoms with Gasteiger partial charge < -0.3 is 5.32 Å². The van der Waals surface area contributed by atoms with E-state index < -0.39 is 0 Å². The summed E-state index contributed by atoms with van der Waals surface area (Å²) in [4.78, 5) is 2.71. The Morgan fingerprint density at radius 1 is 1.27 bits per heavy atom. The number of nitrogens with zero attached hydrogens (tertiary/aromatic N) is 1. The van der Waals surface area contributed by atoms with Crippen molar-refractivity contribution in [2.45, 2.75) is 45.2 Å². The van der Waals surface area contributed by atoms with Crippen LogP contribution in [0.2, 0.25) is 0 Å². The summed E-state index contributed by atoms with van der Waals surface area (Å²) in [7, 11) is 0. The zero-order chi connectivity index (χ0) is 9.26. The van der Waals surface area contributed by atoms with Gasteiger partial charge in [-0.3, -0.25) is 4.90 Å². The fraction of sp³-hybridized carbons (Fsp3) is 1.00. The molecule has 4 heteroatoms. The molecule has 2 nitrogen and oxygen atoms in total. The summed E-state index contributed by atoms with van der Waals surface area (Å²) in [6.07, 6.45) is 4.09. The number of likely N-dealkylation sites (tertiary alicyclic amines) is 1. The Morgan fingerprint density at radius 3 is 2.33 bits per heavy atom. The maximum absolute atomic E-state index is 3.55. The van der Waals surface area contributed by atoms with Crippen LogP contribution >= 0.6 is 24.8 Å². The number of halogens is 2. The predicted octanol–water partition coefficient (Wildman–Crippen LogP) is 2.31. The lowest BCUT2D eigenvalue weighted by atomic mass is 10.0. The van der Waals surface area contributed by atoms with E-state index in [9.17, 15) is 0 Å². The van der Waals surface area contributed by atoms with Crippen LogP contribution < -0.4 is 5.32 Å². The van der Waals surface area contributed by atoms with Crippen LogP contribution in [0.3, 0.4) is 0 Å². The number of nitrogens with one attached hydrogen (secondary N) is 1. The smallest absolute Gasteiger partial charge is 0.0236 e. The fourth-order valence-electron chi connectivity index (χ4n) is 2.75. The van der Waals surface area contributed by atoms with Gasteiger partial charge in [0.2, 0.25) is 0 Å². The van der Waals surface area contributed by atoms with Crippen LogP contribution in [0.25, 0.3) is 0 Å². The van der Waals surface area contributed by atoms with E-state index in [-0.39, 0.29) is 24.8 Å². The molecule has 0 radical (unpaired) electrons. The summed E-state index contributed by atoms with van der Waals surface area (Å²) in [5.41, 5.74) is 0. The third-order valence-electron chi connectivity index (χ3n) is 3.82. The van der Waals surface area contributed by atoms with Gasteiger partial charge in [-0.05, 0) is 12.3 Å². The first-order chi connectivity index (χ1) is 6.33. The Bertz CT molecular complexity index is 174. The first kappa shape index (κ1) is 15.5. The van der Waals surface area contributed by atoms with E-state index in [0.717, 1.165) is 18.0 Å². The maximum Gasteiger partial charge on any atom is 0.0236 e. The highest BCUT2D eigenvalue weighted by atomic mass is 35.5. The van der Waals surface area contributed by atoms with Gasteiger partial charge in [0, 0.05) is 31.7 Å². The lowest BCUT2D eigenvalue weighted by Gasteiger charge is -2.30. The molecular formula is C11H24Cl2N2. The van der Waals surface area contributed by atoms with Gasteiger partial charge in [0.15, 0.2) is 0 Å². The van der Waals surface area contributed by atoms with Crippen LogP contribution in [0.4, 0.5) is 0 Å². The van der Waals surface area contributed by atoms with Gasteiger partial charge in [-0.25, -0.2) is 0 Å². The van der Waals surface area contributed by atoms with Crippen LogP contribution in [-0.2, 0) is 0 Å². The maximum atomic E-state index is 3.55. The highest BCUT2D eigenvalue weighted by Gasteiger charge is 2.37. The Kier molecular flexibility index (Phi) is 7.18. The Hall–Kier alpha value is 0.500. The second kappa shape index (κ2) is 6.95. The molecule has 1 N–H and O–H groups in total. The van der Waals surface area contributed by atoms with Crippen LogP contribution in [0.1, 0.15) is 33.1 Å². The fourth-order valence-corrected chi connectivity index (χ4v) is 2.75. The number of hydrogen-bond donors (Lipinski definition) is 1. The van der Waals surface area contributed by atoms with Gasteiger partial charge in [-0.15, -0.1) is 24.8 Å². The van der Waals surface area contributed by atoms with E-state index in [4.69, 9.17) is 0 Å². The SMILES string of the molecule is CCC(CC)CN1C[C@@H]2C[C@H]1CN2.Cl.Cl. The van der Waals surface area contributed by atoms with E-state index >= 15 is 0 Å². The molecule has 2 aliphatic heterocycles. The van der Waals surface area contributed by atoms with E-state index in [1.165, 1.54) is 38.9 Å². The lowest BCUT2D eigenvalue weighted by molar-refractivity contribution is 0.187. The first-order valence-electron chi connectivity index (χ1n) is 5.80. The molecule has 2 aliphatic rings. The average Bonchev–Trinajstić information content (AvgIpc) is 2.75. The standard InChI is InChI=1S/C11H22N2.2ClH/c1-3-9(4-2)7-13-8-10-5-11(13)6-12-10;;/h9-12H,3-8H2,1-2H3;2*1H/t10-,11-;;/m0../s1. The molecule has 0 aromatic heterocycles. The molecule has 0 saturated carbocycles. The van der Waals surface area contributed by atoms with Gasteiger partial charge in [-0.1, -0.05) is 26.7 Å². The van der Waals surface area contributed by atoms with E-state index in [1.54, 1.807) is 0 Å². The van der Waals surface area contributed by atoms with Gasteiger partial charge in [-0.2, -0.15) is 0 Å². The van der Waals surface area contributed by atoms with Crippen molar-refractivity contribution in [3.63, 3.8) is 0 Å². The van der Waals surface area contributed by atoms with Crippen molar-refractivity contribution in [2.24, 2.45) is 5.92 Å². The van der Waals surface area contributed by atoms with Crippen molar-refractivity contribution in [1.82, 2.24) is 10.2 Å². The molecule has 0 aromatic carbocycles. The molecule has 2 fully saturated rings. The molecule has 2 rings (SSSR count). The molecule has 0 aromatic rings. The third-order valence-corrected chi connectivity index (χ3v) is 3.82. The van der Waals surface area contributed by atoms with Crippen LogP contribution in [0.15, 0.2) is 0 Å². The first-order valence-corrected chi connectivity index (χ1v) is 5.80. The van der Waals surface area contributed by atoms with Crippen molar-refractivity contribution in [3.05, 3.63) is 0 Å². The molecule has 2 bridgehead atoms. The van der Waals surface area contributed by atoms with Crippen molar-refractivity contribution in [3.8, 4) is 0 Å². The van der Waals surface area contributed by atoms with Crippen molar-refractivity contribution in [2.75, 3.05) is 19.6 Å².